The van der Waals surface area contributed by atoms with Crippen LogP contribution in [0, 0.1) is 0 Å². The van der Waals surface area contributed by atoms with Gasteiger partial charge in [-0.25, -0.2) is 4.79 Å². The number of aliphatic carboxylic acids is 1. The number of hydrogen-bond acceptors (Lipinski definition) is 2. The van der Waals surface area contributed by atoms with Gasteiger partial charge >= 0.3 is 5.97 Å². The molecule has 0 aromatic heterocycles. The third-order valence-electron chi connectivity index (χ3n) is 0.365. The molecule has 0 unspecified atom stereocenters. The fraction of sp³-hybridized carbons (Fsp3) is 0.250. The first-order valence-electron chi connectivity index (χ1n) is 1.53. The van der Waals surface area contributed by atoms with Crippen LogP contribution in [0.3, 0.4) is 0 Å². The second-order valence-electron chi connectivity index (χ2n) is 1.09. The predicted molar refractivity (Wildman–Crippen MR) is 31.1 cm³/mol. The molecule has 0 amide bonds. The van der Waals surface area contributed by atoms with Crippen LogP contribution in [0.15, 0.2) is 12.2 Å². The Kier molecular flexibility index (Phi) is 12.0. The predicted octanol–water partition coefficient (Wildman–Crippen LogP) is -0.0156. The van der Waals surface area contributed by atoms with Crippen molar-refractivity contribution in [1.29, 1.82) is 0 Å². The van der Waals surface area contributed by atoms with E-state index in [1.807, 2.05) is 0 Å². The maximum absolute atomic E-state index is 9.60. The van der Waals surface area contributed by atoms with E-state index in [0.717, 1.165) is 0 Å². The normalized spacial score (nSPS) is 5.62. The number of carboxylic acids is 1. The monoisotopic (exact) mass is 121 g/mol. The minimum Gasteiger partial charge on any atom is -0.478 e. The molecule has 0 aromatic rings. The van der Waals surface area contributed by atoms with E-state index in [4.69, 9.17) is 5.11 Å². The topological polar surface area (TPSA) is 104 Å². The molecular weight excluding hydrogens is 110 g/mol. The molecule has 0 fully saturated rings. The van der Waals surface area contributed by atoms with Gasteiger partial charge in [-0.15, -0.1) is 0 Å². The van der Waals surface area contributed by atoms with E-state index in [2.05, 4.69) is 6.58 Å². The molecule has 0 aromatic carbocycles. The quantitative estimate of drug-likeness (QED) is 0.476. The van der Waals surface area contributed by atoms with E-state index in [1.54, 1.807) is 0 Å². The van der Waals surface area contributed by atoms with E-state index >= 15 is 0 Å². The molecule has 0 radical (unpaired) electrons. The third kappa shape index (κ3) is 8.93. The van der Waals surface area contributed by atoms with Crippen molar-refractivity contribution in [1.82, 2.24) is 6.15 Å². The van der Waals surface area contributed by atoms with Crippen molar-refractivity contribution >= 4 is 5.97 Å². The molecule has 0 saturated heterocycles. The molecule has 4 heteroatoms. The smallest absolute Gasteiger partial charge is 0.330 e. The molecule has 0 rings (SSSR count). The van der Waals surface area contributed by atoms with Crippen LogP contribution in [0.25, 0.3) is 0 Å². The Bertz CT molecular complexity index is 77.3. The highest BCUT2D eigenvalue weighted by molar-refractivity contribution is 5.84. The molecular formula is C4H11NO3. The average Bonchev–Trinajstić information content (AvgIpc) is 1.36. The van der Waals surface area contributed by atoms with Crippen molar-refractivity contribution < 1.29 is 15.4 Å². The van der Waals surface area contributed by atoms with Gasteiger partial charge in [-0.05, 0) is 6.92 Å². The SMILES string of the molecule is C=C(C)C(=O)O.N.O. The Labute approximate surface area is 47.7 Å². The number of hydrogen-bond donors (Lipinski definition) is 2. The van der Waals surface area contributed by atoms with E-state index in [0.29, 0.717) is 0 Å². The molecule has 0 saturated carbocycles. The van der Waals surface area contributed by atoms with E-state index in [-0.39, 0.29) is 17.2 Å². The van der Waals surface area contributed by atoms with Gasteiger partial charge in [0.2, 0.25) is 0 Å². The highest BCUT2D eigenvalue weighted by Gasteiger charge is 1.90. The fourth-order valence-electron chi connectivity index (χ4n) is 0. The standard InChI is InChI=1S/C4H6O2.H3N.H2O/c1-3(2)4(5)6;;/h1H2,2H3,(H,5,6);1H3;1H2. The molecule has 50 valence electrons. The summed E-state index contributed by atoms with van der Waals surface area (Å²) < 4.78 is 0. The summed E-state index contributed by atoms with van der Waals surface area (Å²) in [6.45, 7) is 4.60. The maximum atomic E-state index is 9.60. The van der Waals surface area contributed by atoms with Gasteiger partial charge in [-0.3, -0.25) is 0 Å². The molecule has 0 bridgehead atoms. The van der Waals surface area contributed by atoms with Crippen LogP contribution >= 0.6 is 0 Å². The lowest BCUT2D eigenvalue weighted by atomic mass is 10.4. The third-order valence-corrected chi connectivity index (χ3v) is 0.365. The van der Waals surface area contributed by atoms with Gasteiger partial charge in [0.05, 0.1) is 0 Å². The van der Waals surface area contributed by atoms with E-state index in [1.165, 1.54) is 6.92 Å². The Morgan fingerprint density at radius 1 is 1.62 bits per heavy atom. The largest absolute Gasteiger partial charge is 0.478 e. The van der Waals surface area contributed by atoms with Crippen molar-refractivity contribution in [3.8, 4) is 0 Å². The van der Waals surface area contributed by atoms with Crippen LogP contribution in [0.4, 0.5) is 0 Å². The first kappa shape index (κ1) is 15.7. The van der Waals surface area contributed by atoms with Crippen molar-refractivity contribution in [2.45, 2.75) is 6.92 Å². The van der Waals surface area contributed by atoms with Crippen LogP contribution in [-0.4, -0.2) is 16.6 Å². The van der Waals surface area contributed by atoms with Crippen LogP contribution in [0.2, 0.25) is 0 Å². The molecule has 0 aliphatic rings. The zero-order valence-electron chi connectivity index (χ0n) is 4.77. The average molecular weight is 121 g/mol. The summed E-state index contributed by atoms with van der Waals surface area (Å²) in [5.41, 5.74) is 0.176. The fourth-order valence-corrected chi connectivity index (χ4v) is 0. The molecule has 0 atom stereocenters. The molecule has 0 aliphatic heterocycles. The summed E-state index contributed by atoms with van der Waals surface area (Å²) in [6.07, 6.45) is 0. The van der Waals surface area contributed by atoms with Gasteiger partial charge < -0.3 is 16.7 Å². The Balaban J connectivity index is -0.000000125. The number of carbonyl (C=O) groups is 1. The molecule has 0 spiro atoms. The van der Waals surface area contributed by atoms with Gasteiger partial charge in [0.1, 0.15) is 0 Å². The minimum absolute atomic E-state index is 0. The second kappa shape index (κ2) is 6.13. The highest BCUT2D eigenvalue weighted by atomic mass is 16.4. The summed E-state index contributed by atoms with van der Waals surface area (Å²) in [7, 11) is 0. The summed E-state index contributed by atoms with van der Waals surface area (Å²) in [4.78, 5) is 9.60. The van der Waals surface area contributed by atoms with Gasteiger partial charge in [0, 0.05) is 5.57 Å². The molecule has 0 heterocycles. The van der Waals surface area contributed by atoms with Crippen molar-refractivity contribution in [2.24, 2.45) is 0 Å². The van der Waals surface area contributed by atoms with Gasteiger partial charge in [0.15, 0.2) is 0 Å². The summed E-state index contributed by atoms with van der Waals surface area (Å²) in [5, 5.41) is 7.89. The van der Waals surface area contributed by atoms with Crippen molar-refractivity contribution in [3.05, 3.63) is 12.2 Å². The summed E-state index contributed by atoms with van der Waals surface area (Å²) in [6, 6.07) is 0. The van der Waals surface area contributed by atoms with Gasteiger partial charge in [-0.2, -0.15) is 0 Å². The lowest BCUT2D eigenvalue weighted by Gasteiger charge is -1.79. The summed E-state index contributed by atoms with van der Waals surface area (Å²) >= 11 is 0. The highest BCUT2D eigenvalue weighted by Crippen LogP contribution is 1.81. The first-order chi connectivity index (χ1) is 2.64. The Hall–Kier alpha value is -0.870. The number of rotatable bonds is 1. The van der Waals surface area contributed by atoms with Crippen molar-refractivity contribution in [3.63, 3.8) is 0 Å². The van der Waals surface area contributed by atoms with E-state index < -0.39 is 5.97 Å². The van der Waals surface area contributed by atoms with Crippen LogP contribution in [0.5, 0.6) is 0 Å². The zero-order chi connectivity index (χ0) is 5.15. The molecule has 8 heavy (non-hydrogen) atoms. The van der Waals surface area contributed by atoms with Gasteiger partial charge in [-0.1, -0.05) is 6.58 Å². The molecule has 6 N–H and O–H groups in total. The molecule has 0 aliphatic carbocycles. The minimum atomic E-state index is -0.935. The van der Waals surface area contributed by atoms with Crippen LogP contribution in [-0.2, 0) is 4.79 Å². The lowest BCUT2D eigenvalue weighted by molar-refractivity contribution is -0.132. The van der Waals surface area contributed by atoms with Gasteiger partial charge in [0.25, 0.3) is 0 Å². The Morgan fingerprint density at radius 3 is 1.75 bits per heavy atom. The second-order valence-corrected chi connectivity index (χ2v) is 1.09. The van der Waals surface area contributed by atoms with Crippen LogP contribution < -0.4 is 6.15 Å². The number of carboxylic acid groups (broad SMARTS) is 1. The molecule has 4 nitrogen and oxygen atoms in total. The lowest BCUT2D eigenvalue weighted by Crippen LogP contribution is -1.92. The summed E-state index contributed by atoms with van der Waals surface area (Å²) in [5.74, 6) is -0.935. The van der Waals surface area contributed by atoms with Crippen molar-refractivity contribution in [2.75, 3.05) is 0 Å². The van der Waals surface area contributed by atoms with E-state index in [9.17, 15) is 4.79 Å². The zero-order valence-corrected chi connectivity index (χ0v) is 4.77. The first-order valence-corrected chi connectivity index (χ1v) is 1.53. The maximum Gasteiger partial charge on any atom is 0.330 e. The van der Waals surface area contributed by atoms with Crippen LogP contribution in [0.1, 0.15) is 6.92 Å². The Morgan fingerprint density at radius 2 is 1.75 bits per heavy atom.